The predicted molar refractivity (Wildman–Crippen MR) is 54.0 cm³/mol. The van der Waals surface area contributed by atoms with Gasteiger partial charge in [0, 0.05) is 13.0 Å². The number of hydrogen-bond donors (Lipinski definition) is 2. The van der Waals surface area contributed by atoms with Crippen LogP contribution in [0.15, 0.2) is 4.52 Å². The van der Waals surface area contributed by atoms with E-state index in [1.807, 2.05) is 6.92 Å². The maximum atomic E-state index is 11.3. The molecule has 1 atom stereocenters. The third-order valence-electron chi connectivity index (χ3n) is 1.98. The SMILES string of the molecule is CCC(N)C(=O)NCCc1nc(C)no1. The van der Waals surface area contributed by atoms with E-state index in [9.17, 15) is 4.79 Å². The summed E-state index contributed by atoms with van der Waals surface area (Å²) in [6.45, 7) is 4.08. The summed E-state index contributed by atoms with van der Waals surface area (Å²) in [6, 6.07) is -0.436. The zero-order chi connectivity index (χ0) is 11.3. The van der Waals surface area contributed by atoms with E-state index in [2.05, 4.69) is 15.5 Å². The Morgan fingerprint density at radius 2 is 2.40 bits per heavy atom. The Bertz CT molecular complexity index is 324. The smallest absolute Gasteiger partial charge is 0.236 e. The van der Waals surface area contributed by atoms with Crippen LogP contribution >= 0.6 is 0 Å². The number of nitrogens with two attached hydrogens (primary N) is 1. The molecule has 0 spiro atoms. The molecule has 0 bridgehead atoms. The first-order chi connectivity index (χ1) is 7.13. The topological polar surface area (TPSA) is 94.0 Å². The Kier molecular flexibility index (Phi) is 4.23. The quantitative estimate of drug-likeness (QED) is 0.703. The lowest BCUT2D eigenvalue weighted by molar-refractivity contribution is -0.122. The number of amides is 1. The van der Waals surface area contributed by atoms with Crippen LogP contribution in [0, 0.1) is 6.92 Å². The lowest BCUT2D eigenvalue weighted by atomic mass is 10.2. The van der Waals surface area contributed by atoms with Crippen LogP contribution < -0.4 is 11.1 Å². The number of aromatic nitrogens is 2. The van der Waals surface area contributed by atoms with Crippen molar-refractivity contribution in [3.63, 3.8) is 0 Å². The highest BCUT2D eigenvalue weighted by molar-refractivity contribution is 5.81. The fraction of sp³-hybridized carbons (Fsp3) is 0.667. The molecule has 3 N–H and O–H groups in total. The Morgan fingerprint density at radius 3 is 2.93 bits per heavy atom. The fourth-order valence-electron chi connectivity index (χ4n) is 1.05. The summed E-state index contributed by atoms with van der Waals surface area (Å²) in [7, 11) is 0. The average Bonchev–Trinajstić information content (AvgIpc) is 2.63. The number of rotatable bonds is 5. The van der Waals surface area contributed by atoms with Crippen molar-refractivity contribution in [2.75, 3.05) is 6.54 Å². The molecule has 6 nitrogen and oxygen atoms in total. The minimum atomic E-state index is -0.436. The van der Waals surface area contributed by atoms with Crippen molar-refractivity contribution in [1.82, 2.24) is 15.5 Å². The van der Waals surface area contributed by atoms with E-state index in [0.29, 0.717) is 31.1 Å². The standard InChI is InChI=1S/C9H16N4O2/c1-3-7(10)9(14)11-5-4-8-12-6(2)13-15-8/h7H,3-5,10H2,1-2H3,(H,11,14). The number of nitrogens with one attached hydrogen (secondary N) is 1. The van der Waals surface area contributed by atoms with Crippen molar-refractivity contribution in [1.29, 1.82) is 0 Å². The zero-order valence-corrected chi connectivity index (χ0v) is 8.99. The molecule has 1 amide bonds. The summed E-state index contributed by atoms with van der Waals surface area (Å²) in [5.41, 5.74) is 5.54. The number of carbonyl (C=O) groups is 1. The highest BCUT2D eigenvalue weighted by Gasteiger charge is 2.10. The van der Waals surface area contributed by atoms with Gasteiger partial charge in [0.05, 0.1) is 6.04 Å². The van der Waals surface area contributed by atoms with Crippen LogP contribution in [0.3, 0.4) is 0 Å². The first-order valence-corrected chi connectivity index (χ1v) is 4.96. The van der Waals surface area contributed by atoms with E-state index in [4.69, 9.17) is 10.3 Å². The monoisotopic (exact) mass is 212 g/mol. The maximum Gasteiger partial charge on any atom is 0.236 e. The molecule has 0 radical (unpaired) electrons. The zero-order valence-electron chi connectivity index (χ0n) is 8.99. The molecule has 0 saturated carbocycles. The van der Waals surface area contributed by atoms with Gasteiger partial charge in [-0.1, -0.05) is 12.1 Å². The third-order valence-corrected chi connectivity index (χ3v) is 1.98. The molecule has 1 rings (SSSR count). The molecule has 1 heterocycles. The van der Waals surface area contributed by atoms with Crippen LogP contribution in [0.1, 0.15) is 25.1 Å². The second-order valence-corrected chi connectivity index (χ2v) is 3.29. The van der Waals surface area contributed by atoms with Gasteiger partial charge in [0.15, 0.2) is 5.82 Å². The molecule has 15 heavy (non-hydrogen) atoms. The first kappa shape index (κ1) is 11.6. The summed E-state index contributed by atoms with van der Waals surface area (Å²) in [6.07, 6.45) is 1.16. The number of nitrogens with zero attached hydrogens (tertiary/aromatic N) is 2. The van der Waals surface area contributed by atoms with Crippen LogP contribution in [-0.2, 0) is 11.2 Å². The summed E-state index contributed by atoms with van der Waals surface area (Å²) in [4.78, 5) is 15.3. The van der Waals surface area contributed by atoms with Gasteiger partial charge in [-0.2, -0.15) is 4.98 Å². The lowest BCUT2D eigenvalue weighted by Crippen LogP contribution is -2.40. The molecular weight excluding hydrogens is 196 g/mol. The van der Waals surface area contributed by atoms with Crippen molar-refractivity contribution in [2.45, 2.75) is 32.7 Å². The van der Waals surface area contributed by atoms with Gasteiger partial charge in [0.25, 0.3) is 0 Å². The minimum absolute atomic E-state index is 0.145. The Balaban J connectivity index is 2.24. The first-order valence-electron chi connectivity index (χ1n) is 4.96. The van der Waals surface area contributed by atoms with Crippen LogP contribution in [0.4, 0.5) is 0 Å². The van der Waals surface area contributed by atoms with Gasteiger partial charge in [-0.3, -0.25) is 4.79 Å². The molecule has 1 unspecified atom stereocenters. The molecule has 0 fully saturated rings. The van der Waals surface area contributed by atoms with Gasteiger partial charge in [0.1, 0.15) is 0 Å². The summed E-state index contributed by atoms with van der Waals surface area (Å²) in [5, 5.41) is 6.34. The van der Waals surface area contributed by atoms with Crippen molar-refractivity contribution < 1.29 is 9.32 Å². The lowest BCUT2D eigenvalue weighted by Gasteiger charge is -2.08. The molecule has 0 aliphatic heterocycles. The highest BCUT2D eigenvalue weighted by Crippen LogP contribution is 1.95. The molecule has 1 aromatic rings. The van der Waals surface area contributed by atoms with Crippen molar-refractivity contribution in [3.05, 3.63) is 11.7 Å². The van der Waals surface area contributed by atoms with Crippen LogP contribution in [0.5, 0.6) is 0 Å². The van der Waals surface area contributed by atoms with Crippen LogP contribution in [0.2, 0.25) is 0 Å². The molecule has 84 valence electrons. The Labute approximate surface area is 88.2 Å². The van der Waals surface area contributed by atoms with Gasteiger partial charge in [-0.25, -0.2) is 0 Å². The predicted octanol–water partition coefficient (Wildman–Crippen LogP) is -0.226. The minimum Gasteiger partial charge on any atom is -0.354 e. The second kappa shape index (κ2) is 5.45. The molecule has 6 heteroatoms. The Hall–Kier alpha value is -1.43. The number of carbonyl (C=O) groups excluding carboxylic acids is 1. The molecular formula is C9H16N4O2. The van der Waals surface area contributed by atoms with Gasteiger partial charge in [0.2, 0.25) is 11.8 Å². The number of aryl methyl sites for hydroxylation is 1. The highest BCUT2D eigenvalue weighted by atomic mass is 16.5. The molecule has 1 aromatic heterocycles. The van der Waals surface area contributed by atoms with E-state index in [1.165, 1.54) is 0 Å². The molecule has 0 aromatic carbocycles. The third kappa shape index (κ3) is 3.67. The van der Waals surface area contributed by atoms with Crippen molar-refractivity contribution in [3.8, 4) is 0 Å². The molecule has 0 aliphatic rings. The van der Waals surface area contributed by atoms with E-state index in [1.54, 1.807) is 6.92 Å². The Morgan fingerprint density at radius 1 is 1.67 bits per heavy atom. The number of hydrogen-bond acceptors (Lipinski definition) is 5. The summed E-state index contributed by atoms with van der Waals surface area (Å²) < 4.78 is 4.89. The largest absolute Gasteiger partial charge is 0.354 e. The van der Waals surface area contributed by atoms with Crippen molar-refractivity contribution in [2.24, 2.45) is 5.73 Å². The van der Waals surface area contributed by atoms with E-state index < -0.39 is 6.04 Å². The van der Waals surface area contributed by atoms with E-state index in [0.717, 1.165) is 0 Å². The van der Waals surface area contributed by atoms with E-state index >= 15 is 0 Å². The summed E-state index contributed by atoms with van der Waals surface area (Å²) >= 11 is 0. The maximum absolute atomic E-state index is 11.3. The van der Waals surface area contributed by atoms with Gasteiger partial charge in [-0.05, 0) is 13.3 Å². The molecule has 0 aliphatic carbocycles. The summed E-state index contributed by atoms with van der Waals surface area (Å²) in [5.74, 6) is 0.980. The van der Waals surface area contributed by atoms with Crippen LogP contribution in [0.25, 0.3) is 0 Å². The van der Waals surface area contributed by atoms with Gasteiger partial charge < -0.3 is 15.6 Å². The van der Waals surface area contributed by atoms with Gasteiger partial charge in [-0.15, -0.1) is 0 Å². The average molecular weight is 212 g/mol. The fourth-order valence-corrected chi connectivity index (χ4v) is 1.05. The van der Waals surface area contributed by atoms with Gasteiger partial charge >= 0.3 is 0 Å². The van der Waals surface area contributed by atoms with Crippen molar-refractivity contribution >= 4 is 5.91 Å². The normalized spacial score (nSPS) is 12.5. The van der Waals surface area contributed by atoms with Crippen LogP contribution in [-0.4, -0.2) is 28.6 Å². The van der Waals surface area contributed by atoms with E-state index in [-0.39, 0.29) is 5.91 Å². The molecule has 0 saturated heterocycles. The second-order valence-electron chi connectivity index (χ2n) is 3.29.